The lowest BCUT2D eigenvalue weighted by Crippen LogP contribution is -2.32. The molecular formula is C27H26FN5O5S. The number of nitrogens with zero attached hydrogens (tertiary/aromatic N) is 3. The number of aryl methyl sites for hydroxylation is 2. The van der Waals surface area contributed by atoms with Crippen molar-refractivity contribution in [2.75, 3.05) is 5.73 Å². The maximum absolute atomic E-state index is 14.4. The number of ether oxygens (including phenoxy) is 2. The van der Waals surface area contributed by atoms with Gasteiger partial charge in [-0.2, -0.15) is 8.42 Å². The minimum atomic E-state index is -4.47. The second-order valence-electron chi connectivity index (χ2n) is 8.94. The van der Waals surface area contributed by atoms with E-state index in [1.165, 1.54) is 30.5 Å². The van der Waals surface area contributed by atoms with Crippen LogP contribution in [0.4, 0.5) is 10.2 Å². The fourth-order valence-electron chi connectivity index (χ4n) is 3.69. The monoisotopic (exact) mass is 551 g/mol. The largest absolute Gasteiger partial charge is 0.491 e. The number of nitrogens with one attached hydrogen (secondary N) is 1. The van der Waals surface area contributed by atoms with Gasteiger partial charge in [-0.15, -0.1) is 0 Å². The number of anilines is 1. The summed E-state index contributed by atoms with van der Waals surface area (Å²) >= 11 is 0. The van der Waals surface area contributed by atoms with Gasteiger partial charge < -0.3 is 15.2 Å². The standard InChI is InChI=1S/C27H26FN5O5S/c1-15(2)37-20-13-18(12-19(28)14-20)22-7-6-21(26(32-22)38-23-8-5-16(3)11-17(23)4)25(34)33-39(35,36)27-24(29)30-9-10-31-27/h5-15H,1-4H3,(H2,29,30)(H,33,34). The van der Waals surface area contributed by atoms with Gasteiger partial charge >= 0.3 is 0 Å². The van der Waals surface area contributed by atoms with E-state index in [9.17, 15) is 17.6 Å². The molecule has 4 aromatic rings. The lowest BCUT2D eigenvalue weighted by atomic mass is 10.1. The van der Waals surface area contributed by atoms with E-state index in [1.54, 1.807) is 12.1 Å². The Morgan fingerprint density at radius 1 is 1.03 bits per heavy atom. The molecule has 12 heteroatoms. The summed E-state index contributed by atoms with van der Waals surface area (Å²) < 4.78 is 53.6. The van der Waals surface area contributed by atoms with Gasteiger partial charge in [0.15, 0.2) is 5.82 Å². The van der Waals surface area contributed by atoms with Gasteiger partial charge in [0.05, 0.1) is 11.8 Å². The Morgan fingerprint density at radius 3 is 2.46 bits per heavy atom. The van der Waals surface area contributed by atoms with Gasteiger partial charge in [-0.3, -0.25) is 4.79 Å². The van der Waals surface area contributed by atoms with E-state index in [2.05, 4.69) is 15.0 Å². The van der Waals surface area contributed by atoms with Crippen LogP contribution < -0.4 is 19.9 Å². The third kappa shape index (κ3) is 6.47. The summed E-state index contributed by atoms with van der Waals surface area (Å²) in [6.45, 7) is 7.36. The molecule has 39 heavy (non-hydrogen) atoms. The molecule has 0 bridgehead atoms. The summed E-state index contributed by atoms with van der Waals surface area (Å²) in [5.41, 5.74) is 7.82. The number of carbonyl (C=O) groups excluding carboxylic acids is 1. The number of pyridine rings is 1. The molecule has 2 aromatic carbocycles. The quantitative estimate of drug-likeness (QED) is 0.321. The maximum atomic E-state index is 14.4. The van der Waals surface area contributed by atoms with Crippen LogP contribution in [0.25, 0.3) is 11.3 Å². The first kappa shape index (κ1) is 27.5. The highest BCUT2D eigenvalue weighted by Crippen LogP contribution is 2.32. The predicted molar refractivity (Wildman–Crippen MR) is 142 cm³/mol. The first-order valence-corrected chi connectivity index (χ1v) is 13.3. The Bertz CT molecular complexity index is 1660. The Kier molecular flexibility index (Phi) is 7.77. The molecular weight excluding hydrogens is 525 g/mol. The molecule has 1 amide bonds. The second-order valence-corrected chi connectivity index (χ2v) is 10.5. The normalized spacial score (nSPS) is 11.3. The molecule has 2 aromatic heterocycles. The van der Waals surface area contributed by atoms with E-state index in [4.69, 9.17) is 15.2 Å². The molecule has 0 spiro atoms. The van der Waals surface area contributed by atoms with Crippen molar-refractivity contribution < 1.29 is 27.1 Å². The van der Waals surface area contributed by atoms with Gasteiger partial charge in [0.1, 0.15) is 22.9 Å². The molecule has 0 unspecified atom stereocenters. The predicted octanol–water partition coefficient (Wildman–Crippen LogP) is 4.57. The van der Waals surface area contributed by atoms with Gasteiger partial charge in [0.2, 0.25) is 10.9 Å². The molecule has 0 saturated heterocycles. The van der Waals surface area contributed by atoms with Crippen LogP contribution in [0.5, 0.6) is 17.4 Å². The molecule has 4 rings (SSSR count). The van der Waals surface area contributed by atoms with Crippen molar-refractivity contribution in [3.8, 4) is 28.6 Å². The molecule has 0 saturated carbocycles. The average molecular weight is 552 g/mol. The molecule has 2 heterocycles. The van der Waals surface area contributed by atoms with Crippen LogP contribution in [0.1, 0.15) is 35.3 Å². The molecule has 10 nitrogen and oxygen atoms in total. The van der Waals surface area contributed by atoms with Crippen LogP contribution >= 0.6 is 0 Å². The van der Waals surface area contributed by atoms with Gasteiger partial charge in [-0.05, 0) is 63.6 Å². The van der Waals surface area contributed by atoms with Gasteiger partial charge in [0, 0.05) is 24.0 Å². The lowest BCUT2D eigenvalue weighted by molar-refractivity contribution is 0.0978. The average Bonchev–Trinajstić information content (AvgIpc) is 2.84. The van der Waals surface area contributed by atoms with Crippen LogP contribution in [-0.2, 0) is 10.0 Å². The molecule has 0 radical (unpaired) electrons. The van der Waals surface area contributed by atoms with E-state index < -0.39 is 26.8 Å². The minimum Gasteiger partial charge on any atom is -0.491 e. The topological polar surface area (TPSA) is 146 Å². The fraction of sp³-hybridized carbons (Fsp3) is 0.185. The maximum Gasteiger partial charge on any atom is 0.285 e. The van der Waals surface area contributed by atoms with E-state index in [-0.39, 0.29) is 29.1 Å². The van der Waals surface area contributed by atoms with E-state index >= 15 is 0 Å². The number of amides is 1. The number of aromatic nitrogens is 3. The molecule has 202 valence electrons. The molecule has 0 atom stereocenters. The van der Waals surface area contributed by atoms with E-state index in [1.807, 2.05) is 44.5 Å². The number of hydrogen-bond donors (Lipinski definition) is 2. The van der Waals surface area contributed by atoms with Crippen LogP contribution in [0.15, 0.2) is 66.0 Å². The highest BCUT2D eigenvalue weighted by atomic mass is 32.2. The fourth-order valence-corrected chi connectivity index (χ4v) is 4.67. The minimum absolute atomic E-state index is 0.188. The summed E-state index contributed by atoms with van der Waals surface area (Å²) in [6, 6.07) is 12.3. The number of carbonyl (C=O) groups is 1. The lowest BCUT2D eigenvalue weighted by Gasteiger charge is -2.15. The number of nitrogens with two attached hydrogens (primary N) is 1. The Morgan fingerprint density at radius 2 is 1.77 bits per heavy atom. The zero-order valence-electron chi connectivity index (χ0n) is 21.6. The van der Waals surface area contributed by atoms with Gasteiger partial charge in [-0.1, -0.05) is 17.7 Å². The van der Waals surface area contributed by atoms with E-state index in [0.29, 0.717) is 17.1 Å². The summed E-state index contributed by atoms with van der Waals surface area (Å²) in [5, 5.41) is -0.600. The molecule has 0 fully saturated rings. The van der Waals surface area contributed by atoms with Crippen LogP contribution in [0.3, 0.4) is 0 Å². The van der Waals surface area contributed by atoms with Gasteiger partial charge in [-0.25, -0.2) is 24.1 Å². The second kappa shape index (κ2) is 11.0. The smallest absolute Gasteiger partial charge is 0.285 e. The third-order valence-corrected chi connectivity index (χ3v) is 6.63. The first-order chi connectivity index (χ1) is 18.4. The molecule has 0 aliphatic heterocycles. The SMILES string of the molecule is Cc1ccc(Oc2nc(-c3cc(F)cc(OC(C)C)c3)ccc2C(=O)NS(=O)(=O)c2nccnc2N)c(C)c1. The van der Waals surface area contributed by atoms with Crippen molar-refractivity contribution >= 4 is 21.7 Å². The summed E-state index contributed by atoms with van der Waals surface area (Å²) in [7, 11) is -4.47. The van der Waals surface area contributed by atoms with Crippen molar-refractivity contribution in [2.24, 2.45) is 0 Å². The number of benzene rings is 2. The van der Waals surface area contributed by atoms with Crippen LogP contribution in [-0.4, -0.2) is 35.4 Å². The summed E-state index contributed by atoms with van der Waals surface area (Å²) in [4.78, 5) is 25.1. The number of sulfonamides is 1. The number of hydrogen-bond acceptors (Lipinski definition) is 9. The van der Waals surface area contributed by atoms with Gasteiger partial charge in [0.25, 0.3) is 15.9 Å². The van der Waals surface area contributed by atoms with Crippen molar-refractivity contribution in [1.29, 1.82) is 0 Å². The Labute approximate surface area is 225 Å². The first-order valence-electron chi connectivity index (χ1n) is 11.8. The number of rotatable bonds is 8. The Balaban J connectivity index is 1.78. The van der Waals surface area contributed by atoms with E-state index in [0.717, 1.165) is 17.3 Å². The number of halogens is 1. The molecule has 0 aliphatic carbocycles. The summed E-state index contributed by atoms with van der Waals surface area (Å²) in [5.74, 6) is -1.46. The third-order valence-electron chi connectivity index (χ3n) is 5.35. The number of nitrogen functional groups attached to an aromatic ring is 1. The zero-order chi connectivity index (χ0) is 28.3. The highest BCUT2D eigenvalue weighted by Gasteiger charge is 2.26. The van der Waals surface area contributed by atoms with Crippen LogP contribution in [0, 0.1) is 19.7 Å². The molecule has 0 aliphatic rings. The summed E-state index contributed by atoms with van der Waals surface area (Å²) in [6.07, 6.45) is 2.17. The van der Waals surface area contributed by atoms with Crippen LogP contribution in [0.2, 0.25) is 0 Å². The van der Waals surface area contributed by atoms with Crippen molar-refractivity contribution in [3.63, 3.8) is 0 Å². The van der Waals surface area contributed by atoms with Crippen molar-refractivity contribution in [3.05, 3.63) is 83.4 Å². The van der Waals surface area contributed by atoms with Crippen molar-refractivity contribution in [2.45, 2.75) is 38.8 Å². The Hall–Kier alpha value is -4.58. The zero-order valence-corrected chi connectivity index (χ0v) is 22.4. The molecule has 3 N–H and O–H groups in total. The highest BCUT2D eigenvalue weighted by molar-refractivity contribution is 7.90. The van der Waals surface area contributed by atoms with Crippen molar-refractivity contribution in [1.82, 2.24) is 19.7 Å².